The van der Waals surface area contributed by atoms with Gasteiger partial charge in [0, 0.05) is 40.4 Å². The molecule has 14 heteroatoms. The van der Waals surface area contributed by atoms with Crippen molar-refractivity contribution in [2.24, 2.45) is 17.3 Å². The van der Waals surface area contributed by atoms with Gasteiger partial charge >= 0.3 is 18.2 Å². The molecule has 2 aliphatic heterocycles. The van der Waals surface area contributed by atoms with Gasteiger partial charge in [-0.2, -0.15) is 0 Å². The highest BCUT2D eigenvalue weighted by Crippen LogP contribution is 2.52. The average Bonchev–Trinajstić information content (AvgIpc) is 3.67. The van der Waals surface area contributed by atoms with Crippen molar-refractivity contribution in [3.63, 3.8) is 0 Å². The Hall–Kier alpha value is -5.49. The molecule has 0 aromatic heterocycles. The van der Waals surface area contributed by atoms with E-state index in [1.807, 2.05) is 104 Å². The topological polar surface area (TPSA) is 132 Å². The number of benzene rings is 3. The van der Waals surface area contributed by atoms with Crippen LogP contribution in [0.5, 0.6) is 0 Å². The number of ketones is 1. The van der Waals surface area contributed by atoms with Crippen molar-refractivity contribution in [3.8, 4) is 0 Å². The van der Waals surface area contributed by atoms with E-state index >= 15 is 9.59 Å². The Kier molecular flexibility index (Phi) is 17.0. The molecule has 3 aromatic carbocycles. The molecule has 0 spiro atoms. The Morgan fingerprint density at radius 3 is 1.84 bits per heavy atom. The van der Waals surface area contributed by atoms with Crippen molar-refractivity contribution in [1.29, 1.82) is 0 Å². The fourth-order valence-corrected chi connectivity index (χ4v) is 13.4. The number of nitrogens with zero attached hydrogens (tertiary/aromatic N) is 3. The van der Waals surface area contributed by atoms with Crippen LogP contribution in [-0.4, -0.2) is 118 Å². The van der Waals surface area contributed by atoms with Crippen molar-refractivity contribution in [2.45, 2.75) is 71.8 Å². The molecule has 12 nitrogen and oxygen atoms in total. The summed E-state index contributed by atoms with van der Waals surface area (Å²) in [7, 11) is 1.97. The van der Waals surface area contributed by atoms with Gasteiger partial charge in [-0.1, -0.05) is 143 Å². The van der Waals surface area contributed by atoms with E-state index in [-0.39, 0.29) is 62.2 Å². The number of hydrogen-bond acceptors (Lipinski definition) is 9. The molecule has 1 radical (unpaired) electrons. The number of carbonyl (C=O) groups is 5. The minimum Gasteiger partial charge on any atom is -0.457 e. The predicted octanol–water partition coefficient (Wildman–Crippen LogP) is 6.97. The van der Waals surface area contributed by atoms with Crippen molar-refractivity contribution < 1.29 is 42.6 Å². The highest BCUT2D eigenvalue weighted by Gasteiger charge is 2.58. The van der Waals surface area contributed by atoms with Crippen LogP contribution in [-0.2, 0) is 33.0 Å². The highest BCUT2D eigenvalue weighted by molar-refractivity contribution is 7.96. The Morgan fingerprint density at radius 2 is 1.38 bits per heavy atom. The van der Waals surface area contributed by atoms with Crippen LogP contribution in [0.15, 0.2) is 128 Å². The van der Waals surface area contributed by atoms with E-state index in [4.69, 9.17) is 18.6 Å². The summed E-state index contributed by atoms with van der Waals surface area (Å²) in [6.45, 7) is 16.4. The zero-order chi connectivity index (χ0) is 46.8. The smallest absolute Gasteiger partial charge is 0.410 e. The minimum atomic E-state index is -3.28. The normalized spacial score (nSPS) is 19.3. The number of carbonyl (C=O) groups excluding carboxylic acids is 5. The summed E-state index contributed by atoms with van der Waals surface area (Å²) < 4.78 is 23.4. The number of rotatable bonds is 18. The lowest BCUT2D eigenvalue weighted by Crippen LogP contribution is -2.69. The molecule has 64 heavy (non-hydrogen) atoms. The second kappa shape index (κ2) is 21.9. The van der Waals surface area contributed by atoms with Gasteiger partial charge in [-0.25, -0.2) is 14.4 Å². The molecule has 2 fully saturated rings. The van der Waals surface area contributed by atoms with Crippen LogP contribution >= 0.6 is 6.89 Å². The number of Topliss-reactive ketones (excluding diaryl/α,β-unsaturated/α-hetero) is 1. The van der Waals surface area contributed by atoms with Gasteiger partial charge in [0.05, 0.1) is 24.5 Å². The van der Waals surface area contributed by atoms with Crippen LogP contribution < -0.4 is 15.9 Å². The molecule has 0 unspecified atom stereocenters. The molecule has 0 N–H and O–H groups in total. The van der Waals surface area contributed by atoms with E-state index in [1.54, 1.807) is 32.0 Å². The summed E-state index contributed by atoms with van der Waals surface area (Å²) in [5.74, 6) is -2.31. The lowest BCUT2D eigenvalue weighted by Gasteiger charge is -2.54. The number of β-lactam (4-membered cyclic amide) rings is 1. The summed E-state index contributed by atoms with van der Waals surface area (Å²) in [6.07, 6.45) is 2.89. The summed E-state index contributed by atoms with van der Waals surface area (Å²) in [4.78, 5) is 75.7. The van der Waals surface area contributed by atoms with Crippen LogP contribution in [0, 0.1) is 17.3 Å². The van der Waals surface area contributed by atoms with Crippen molar-refractivity contribution in [2.75, 3.05) is 40.5 Å². The number of amides is 3. The minimum absolute atomic E-state index is 0.0246. The van der Waals surface area contributed by atoms with E-state index in [2.05, 4.69) is 33.9 Å². The molecule has 5 atom stereocenters. The first kappa shape index (κ1) is 49.5. The SMILES string of the molecule is C=CCOC(=O)C(N1C(=O)[C@@H]([C@@H](CO[Si](C)C)C(C)(C)C)[C@H]1CC(=O)C(C)=C[C@@H]1C[C@@H](OC(=O)N(C)C)CN1C(=O)OCC=C)=P(c1ccccc1)(c1ccccc1)c1ccccc1. The highest BCUT2D eigenvalue weighted by atomic mass is 31.2. The number of likely N-dealkylation sites (tertiary alicyclic amines) is 2. The van der Waals surface area contributed by atoms with Crippen molar-refractivity contribution >= 4 is 67.1 Å². The Balaban J connectivity index is 1.75. The zero-order valence-corrected chi connectivity index (χ0v) is 40.3. The van der Waals surface area contributed by atoms with E-state index in [0.29, 0.717) is 5.57 Å². The molecule has 0 bridgehead atoms. The summed E-state index contributed by atoms with van der Waals surface area (Å²) >= 11 is 0. The monoisotopic (exact) mass is 908 g/mol. The zero-order valence-electron chi connectivity index (χ0n) is 38.4. The first-order chi connectivity index (χ1) is 30.5. The molecule has 5 rings (SSSR count). The van der Waals surface area contributed by atoms with Gasteiger partial charge in [-0.05, 0) is 52.8 Å². The lowest BCUT2D eigenvalue weighted by atomic mass is 9.65. The van der Waals surface area contributed by atoms with Crippen molar-refractivity contribution in [3.05, 3.63) is 128 Å². The molecule has 341 valence electrons. The third kappa shape index (κ3) is 11.1. The van der Waals surface area contributed by atoms with Gasteiger partial charge in [0.15, 0.2) is 5.78 Å². The Bertz CT molecular complexity index is 2140. The number of hydrogen-bond donors (Lipinski definition) is 0. The first-order valence-corrected chi connectivity index (χ1v) is 25.8. The molecule has 0 saturated carbocycles. The van der Waals surface area contributed by atoms with E-state index in [9.17, 15) is 14.4 Å². The van der Waals surface area contributed by atoms with Crippen LogP contribution in [0.4, 0.5) is 9.59 Å². The van der Waals surface area contributed by atoms with Gasteiger partial charge in [-0.3, -0.25) is 14.5 Å². The van der Waals surface area contributed by atoms with E-state index < -0.39 is 63.6 Å². The van der Waals surface area contributed by atoms with E-state index in [1.165, 1.54) is 22.0 Å². The van der Waals surface area contributed by atoms with Gasteiger partial charge in [0.25, 0.3) is 0 Å². The molecule has 3 amide bonds. The third-order valence-electron chi connectivity index (χ3n) is 11.6. The molecule has 2 saturated heterocycles. The molecule has 0 aliphatic carbocycles. The molecular formula is C50H63N3O9PSi. The molecule has 2 aliphatic rings. The van der Waals surface area contributed by atoms with Gasteiger partial charge in [0.2, 0.25) is 14.9 Å². The van der Waals surface area contributed by atoms with Gasteiger partial charge < -0.3 is 28.4 Å². The summed E-state index contributed by atoms with van der Waals surface area (Å²) in [5.41, 5.74) is 0.0609. The Morgan fingerprint density at radius 1 is 0.859 bits per heavy atom. The van der Waals surface area contributed by atoms with Crippen LogP contribution in [0.3, 0.4) is 0 Å². The first-order valence-electron chi connectivity index (χ1n) is 21.6. The second-order valence-electron chi connectivity index (χ2n) is 17.6. The lowest BCUT2D eigenvalue weighted by molar-refractivity contribution is -0.160. The van der Waals surface area contributed by atoms with Gasteiger partial charge in [-0.15, -0.1) is 0 Å². The standard InChI is InChI=1S/C50H63N3O9PSi/c1-11-28-59-47(56)46(63(38-22-16-13-17-23-38,39-24-18-14-19-25-39)40-26-20-15-21-27-40)53-42(44(45(53)55)41(50(4,5)6)34-61-64(9)10)32-43(54)35(3)30-36-31-37(62-48(57)51(7)8)33-52(36)49(58)60-29-12-2/h11-27,30,36-37,41-42,44H,1-2,28-29,31-34H2,3-10H3/t36-,37-,41-,42-,44+/m1/s1. The predicted molar refractivity (Wildman–Crippen MR) is 256 cm³/mol. The summed E-state index contributed by atoms with van der Waals surface area (Å²) in [6, 6.07) is 27.7. The van der Waals surface area contributed by atoms with Crippen LogP contribution in [0.25, 0.3) is 0 Å². The quantitative estimate of drug-likeness (QED) is 0.0253. The molecule has 2 heterocycles. The maximum Gasteiger partial charge on any atom is 0.410 e. The number of allylic oxidation sites excluding steroid dienone is 1. The second-order valence-corrected chi connectivity index (χ2v) is 23.0. The fraction of sp³-hybridized carbons (Fsp3) is 0.400. The number of ether oxygens (including phenoxy) is 3. The van der Waals surface area contributed by atoms with E-state index in [0.717, 1.165) is 15.9 Å². The third-order valence-corrected chi connectivity index (χ3v) is 16.6. The largest absolute Gasteiger partial charge is 0.457 e. The van der Waals surface area contributed by atoms with Crippen LogP contribution in [0.1, 0.15) is 40.5 Å². The maximum absolute atomic E-state index is 15.5. The van der Waals surface area contributed by atoms with Gasteiger partial charge in [0.1, 0.15) is 24.7 Å². The fourth-order valence-electron chi connectivity index (χ4n) is 8.47. The maximum atomic E-state index is 15.5. The van der Waals surface area contributed by atoms with Crippen LogP contribution in [0.2, 0.25) is 13.1 Å². The molecule has 3 aromatic rings. The van der Waals surface area contributed by atoms with Crippen molar-refractivity contribution in [1.82, 2.24) is 14.7 Å². The molecular weight excluding hydrogens is 846 g/mol. The Labute approximate surface area is 380 Å². The summed E-state index contributed by atoms with van der Waals surface area (Å²) in [5, 5.41) is 2.47. The number of esters is 1. The average molecular weight is 909 g/mol.